The summed E-state index contributed by atoms with van der Waals surface area (Å²) in [5.41, 5.74) is 0.650. The smallest absolute Gasteiger partial charge is 0.350 e. The highest BCUT2D eigenvalue weighted by Gasteiger charge is 2.16. The van der Waals surface area contributed by atoms with Crippen LogP contribution >= 0.6 is 11.3 Å². The van der Waals surface area contributed by atoms with Crippen molar-refractivity contribution >= 4 is 17.3 Å². The summed E-state index contributed by atoms with van der Waals surface area (Å²) in [4.78, 5) is 15.9. The number of nitrogens with zero attached hydrogens (tertiary/aromatic N) is 1. The molecule has 1 rings (SSSR count). The number of esters is 1. The maximum absolute atomic E-state index is 11.2. The van der Waals surface area contributed by atoms with E-state index in [4.69, 9.17) is 4.74 Å². The van der Waals surface area contributed by atoms with Gasteiger partial charge in [-0.05, 0) is 6.92 Å². The van der Waals surface area contributed by atoms with Crippen LogP contribution in [0.25, 0.3) is 0 Å². The van der Waals surface area contributed by atoms with E-state index >= 15 is 0 Å². The topological polar surface area (TPSA) is 48.4 Å². The Morgan fingerprint density at radius 3 is 2.77 bits per heavy atom. The molecule has 0 radical (unpaired) electrons. The van der Waals surface area contributed by atoms with Gasteiger partial charge in [0.15, 0.2) is 0 Å². The Hall–Kier alpha value is -0.940. The van der Waals surface area contributed by atoms with Gasteiger partial charge >= 0.3 is 5.97 Å². The molecule has 1 aromatic rings. The lowest BCUT2D eigenvalue weighted by molar-refractivity contribution is 0.0601. The van der Waals surface area contributed by atoms with E-state index in [1.807, 2.05) is 6.92 Å². The molecule has 0 spiro atoms. The third-order valence-corrected chi connectivity index (χ3v) is 2.45. The predicted octanol–water partition coefficient (Wildman–Crippen LogP) is 1.38. The Balaban J connectivity index is 2.96. The number of carbonyl (C=O) groups is 1. The number of methoxy groups -OCH3 is 2. The standard InChI is InChI=1S/C8H11NO3S/c1-5-9-6(4-11-2)7(13-5)8(10)12-3/h4H2,1-3H3. The summed E-state index contributed by atoms with van der Waals surface area (Å²) in [6.07, 6.45) is 0. The van der Waals surface area contributed by atoms with Gasteiger partial charge in [-0.15, -0.1) is 11.3 Å². The molecule has 0 unspecified atom stereocenters. The summed E-state index contributed by atoms with van der Waals surface area (Å²) >= 11 is 1.32. The number of ether oxygens (including phenoxy) is 2. The highest BCUT2D eigenvalue weighted by Crippen LogP contribution is 2.19. The second kappa shape index (κ2) is 4.34. The number of aryl methyl sites for hydroxylation is 1. The van der Waals surface area contributed by atoms with Gasteiger partial charge in [-0.2, -0.15) is 0 Å². The van der Waals surface area contributed by atoms with Crippen LogP contribution in [0.15, 0.2) is 0 Å². The van der Waals surface area contributed by atoms with Crippen molar-refractivity contribution in [3.05, 3.63) is 15.6 Å². The van der Waals surface area contributed by atoms with Crippen molar-refractivity contribution in [2.45, 2.75) is 13.5 Å². The fraction of sp³-hybridized carbons (Fsp3) is 0.500. The molecule has 0 aromatic carbocycles. The van der Waals surface area contributed by atoms with E-state index in [0.29, 0.717) is 17.2 Å². The zero-order valence-corrected chi connectivity index (χ0v) is 8.60. The van der Waals surface area contributed by atoms with E-state index in [0.717, 1.165) is 5.01 Å². The van der Waals surface area contributed by atoms with Gasteiger partial charge in [-0.1, -0.05) is 0 Å². The second-order valence-electron chi connectivity index (χ2n) is 2.43. The van der Waals surface area contributed by atoms with Crippen LogP contribution in [0.5, 0.6) is 0 Å². The van der Waals surface area contributed by atoms with Gasteiger partial charge < -0.3 is 9.47 Å². The Labute approximate surface area is 80.5 Å². The van der Waals surface area contributed by atoms with Gasteiger partial charge in [0.2, 0.25) is 0 Å². The summed E-state index contributed by atoms with van der Waals surface area (Å²) in [6, 6.07) is 0. The van der Waals surface area contributed by atoms with Gasteiger partial charge in [-0.25, -0.2) is 9.78 Å². The monoisotopic (exact) mass is 201 g/mol. The lowest BCUT2D eigenvalue weighted by Crippen LogP contribution is -2.03. The van der Waals surface area contributed by atoms with E-state index < -0.39 is 0 Å². The molecule has 0 amide bonds. The molecular weight excluding hydrogens is 190 g/mol. The molecule has 13 heavy (non-hydrogen) atoms. The third-order valence-electron chi connectivity index (χ3n) is 1.46. The summed E-state index contributed by atoms with van der Waals surface area (Å²) in [6.45, 7) is 2.19. The first-order valence-electron chi connectivity index (χ1n) is 3.72. The Morgan fingerprint density at radius 2 is 2.23 bits per heavy atom. The van der Waals surface area contributed by atoms with Crippen molar-refractivity contribution in [2.75, 3.05) is 14.2 Å². The molecule has 5 heteroatoms. The minimum absolute atomic E-state index is 0.342. The number of carbonyl (C=O) groups excluding carboxylic acids is 1. The number of hydrogen-bond acceptors (Lipinski definition) is 5. The van der Waals surface area contributed by atoms with Crippen LogP contribution in [-0.4, -0.2) is 25.2 Å². The predicted molar refractivity (Wildman–Crippen MR) is 48.9 cm³/mol. The van der Waals surface area contributed by atoms with Crippen LogP contribution in [0.2, 0.25) is 0 Å². The molecule has 0 atom stereocenters. The first-order chi connectivity index (χ1) is 6.19. The summed E-state index contributed by atoms with van der Waals surface area (Å²) in [7, 11) is 2.92. The van der Waals surface area contributed by atoms with E-state index in [2.05, 4.69) is 9.72 Å². The number of thiazole rings is 1. The fourth-order valence-corrected chi connectivity index (χ4v) is 1.80. The van der Waals surface area contributed by atoms with Crippen molar-refractivity contribution < 1.29 is 14.3 Å². The fourth-order valence-electron chi connectivity index (χ4n) is 0.957. The molecule has 1 heterocycles. The molecule has 1 aromatic heterocycles. The maximum atomic E-state index is 11.2. The first kappa shape index (κ1) is 10.1. The molecule has 0 bridgehead atoms. The molecule has 0 aliphatic carbocycles. The Bertz CT molecular complexity index is 308. The van der Waals surface area contributed by atoms with E-state index in [1.54, 1.807) is 7.11 Å². The minimum atomic E-state index is -0.349. The highest BCUT2D eigenvalue weighted by molar-refractivity contribution is 7.13. The number of hydrogen-bond donors (Lipinski definition) is 0. The number of aromatic nitrogens is 1. The van der Waals surface area contributed by atoms with Crippen LogP contribution in [0, 0.1) is 6.92 Å². The average Bonchev–Trinajstić information content (AvgIpc) is 2.46. The molecule has 0 fully saturated rings. The quantitative estimate of drug-likeness (QED) is 0.693. The highest BCUT2D eigenvalue weighted by atomic mass is 32.1. The molecule has 0 aliphatic rings. The summed E-state index contributed by atoms with van der Waals surface area (Å²) < 4.78 is 9.53. The van der Waals surface area contributed by atoms with Gasteiger partial charge in [0, 0.05) is 7.11 Å². The van der Waals surface area contributed by atoms with E-state index in [9.17, 15) is 4.79 Å². The van der Waals surface area contributed by atoms with E-state index in [1.165, 1.54) is 18.4 Å². The lowest BCUT2D eigenvalue weighted by Gasteiger charge is -1.97. The van der Waals surface area contributed by atoms with Crippen LogP contribution < -0.4 is 0 Å². The third kappa shape index (κ3) is 2.26. The largest absolute Gasteiger partial charge is 0.465 e. The van der Waals surface area contributed by atoms with Crippen molar-refractivity contribution in [2.24, 2.45) is 0 Å². The van der Waals surface area contributed by atoms with Crippen LogP contribution in [0.4, 0.5) is 0 Å². The molecular formula is C8H11NO3S. The Kier molecular flexibility index (Phi) is 3.39. The maximum Gasteiger partial charge on any atom is 0.350 e. The first-order valence-corrected chi connectivity index (χ1v) is 4.54. The summed E-state index contributed by atoms with van der Waals surface area (Å²) in [5.74, 6) is -0.349. The molecule has 0 aliphatic heterocycles. The van der Waals surface area contributed by atoms with Crippen molar-refractivity contribution in [3.8, 4) is 0 Å². The van der Waals surface area contributed by atoms with Crippen molar-refractivity contribution in [3.63, 3.8) is 0 Å². The normalized spacial score (nSPS) is 10.1. The van der Waals surface area contributed by atoms with E-state index in [-0.39, 0.29) is 5.97 Å². The van der Waals surface area contributed by atoms with Crippen LogP contribution in [0.1, 0.15) is 20.4 Å². The Morgan fingerprint density at radius 1 is 1.54 bits per heavy atom. The molecule has 4 nitrogen and oxygen atoms in total. The van der Waals surface area contributed by atoms with Crippen LogP contribution in [-0.2, 0) is 16.1 Å². The molecule has 0 saturated carbocycles. The van der Waals surface area contributed by atoms with Crippen molar-refractivity contribution in [1.29, 1.82) is 0 Å². The van der Waals surface area contributed by atoms with Crippen LogP contribution in [0.3, 0.4) is 0 Å². The molecule has 72 valence electrons. The average molecular weight is 201 g/mol. The summed E-state index contributed by atoms with van der Waals surface area (Å²) in [5, 5.41) is 0.840. The molecule has 0 saturated heterocycles. The second-order valence-corrected chi connectivity index (χ2v) is 3.64. The van der Waals surface area contributed by atoms with Crippen molar-refractivity contribution in [1.82, 2.24) is 4.98 Å². The zero-order chi connectivity index (χ0) is 9.84. The minimum Gasteiger partial charge on any atom is -0.465 e. The van der Waals surface area contributed by atoms with Gasteiger partial charge in [0.05, 0.1) is 24.4 Å². The zero-order valence-electron chi connectivity index (χ0n) is 7.79. The number of rotatable bonds is 3. The van der Waals surface area contributed by atoms with Gasteiger partial charge in [-0.3, -0.25) is 0 Å². The lowest BCUT2D eigenvalue weighted by atomic mass is 10.4. The molecule has 0 N–H and O–H groups in total. The van der Waals surface area contributed by atoms with Gasteiger partial charge in [0.25, 0.3) is 0 Å². The van der Waals surface area contributed by atoms with Gasteiger partial charge in [0.1, 0.15) is 4.88 Å². The SMILES string of the molecule is COCc1nc(C)sc1C(=O)OC.